The summed E-state index contributed by atoms with van der Waals surface area (Å²) in [5.74, 6) is 0.455. The molecular formula is C23H21N3O2. The van der Waals surface area contributed by atoms with Gasteiger partial charge in [-0.3, -0.25) is 4.79 Å². The second-order valence-corrected chi connectivity index (χ2v) is 6.54. The van der Waals surface area contributed by atoms with Gasteiger partial charge in [0.1, 0.15) is 12.4 Å². The topological polar surface area (TPSA) is 56.1 Å². The van der Waals surface area contributed by atoms with Crippen LogP contribution in [-0.2, 0) is 22.7 Å². The SMILES string of the molecule is O=C(COCc1ccccc1)Nc1ccnn1Cc1cccc2ccccc12. The van der Waals surface area contributed by atoms with Crippen LogP contribution in [0.2, 0.25) is 0 Å². The molecule has 0 saturated heterocycles. The van der Waals surface area contributed by atoms with Crippen LogP contribution in [0.5, 0.6) is 0 Å². The van der Waals surface area contributed by atoms with Gasteiger partial charge >= 0.3 is 0 Å². The summed E-state index contributed by atoms with van der Waals surface area (Å²) in [6, 6.07) is 26.0. The van der Waals surface area contributed by atoms with Gasteiger partial charge in [0.2, 0.25) is 0 Å². The molecule has 1 aromatic heterocycles. The summed E-state index contributed by atoms with van der Waals surface area (Å²) in [5.41, 5.74) is 2.19. The van der Waals surface area contributed by atoms with E-state index in [1.807, 2.05) is 48.5 Å². The fourth-order valence-corrected chi connectivity index (χ4v) is 3.17. The number of hydrogen-bond acceptors (Lipinski definition) is 3. The van der Waals surface area contributed by atoms with Gasteiger partial charge < -0.3 is 10.1 Å². The molecule has 0 saturated carbocycles. The van der Waals surface area contributed by atoms with Crippen LogP contribution in [0.25, 0.3) is 10.8 Å². The summed E-state index contributed by atoms with van der Waals surface area (Å²) in [5, 5.41) is 9.61. The molecule has 4 rings (SSSR count). The lowest BCUT2D eigenvalue weighted by atomic mass is 10.0. The standard InChI is InChI=1S/C23H21N3O2/c27-23(17-28-16-18-7-2-1-3-8-18)25-22-13-14-24-26(22)15-20-11-6-10-19-9-4-5-12-21(19)20/h1-14H,15-17H2,(H,25,27). The Labute approximate surface area is 163 Å². The number of ether oxygens (including phenoxy) is 1. The minimum atomic E-state index is -0.199. The van der Waals surface area contributed by atoms with E-state index < -0.39 is 0 Å². The molecule has 4 aromatic rings. The van der Waals surface area contributed by atoms with Gasteiger partial charge in [0.15, 0.2) is 0 Å². The first-order valence-electron chi connectivity index (χ1n) is 9.19. The maximum Gasteiger partial charge on any atom is 0.251 e. The Morgan fingerprint density at radius 1 is 0.929 bits per heavy atom. The van der Waals surface area contributed by atoms with Crippen molar-refractivity contribution in [3.63, 3.8) is 0 Å². The molecule has 3 aromatic carbocycles. The van der Waals surface area contributed by atoms with E-state index in [1.54, 1.807) is 16.9 Å². The zero-order chi connectivity index (χ0) is 19.2. The Bertz CT molecular complexity index is 1070. The lowest BCUT2D eigenvalue weighted by Gasteiger charge is -2.11. The van der Waals surface area contributed by atoms with Gasteiger partial charge in [0.05, 0.1) is 19.3 Å². The lowest BCUT2D eigenvalue weighted by Crippen LogP contribution is -2.20. The third-order valence-electron chi connectivity index (χ3n) is 4.53. The van der Waals surface area contributed by atoms with Crippen molar-refractivity contribution in [3.8, 4) is 0 Å². The molecule has 0 bridgehead atoms. The predicted octanol–water partition coefficient (Wildman–Crippen LogP) is 4.24. The minimum Gasteiger partial charge on any atom is -0.367 e. The molecule has 28 heavy (non-hydrogen) atoms. The fraction of sp³-hybridized carbons (Fsp3) is 0.130. The maximum absolute atomic E-state index is 12.2. The van der Waals surface area contributed by atoms with E-state index in [-0.39, 0.29) is 12.5 Å². The first-order valence-corrected chi connectivity index (χ1v) is 9.19. The second kappa shape index (κ2) is 8.50. The zero-order valence-corrected chi connectivity index (χ0v) is 15.4. The van der Waals surface area contributed by atoms with Crippen molar-refractivity contribution in [2.24, 2.45) is 0 Å². The van der Waals surface area contributed by atoms with E-state index in [9.17, 15) is 4.79 Å². The van der Waals surface area contributed by atoms with Gasteiger partial charge in [-0.1, -0.05) is 72.8 Å². The number of carbonyl (C=O) groups excluding carboxylic acids is 1. The van der Waals surface area contributed by atoms with Gasteiger partial charge in [0.25, 0.3) is 5.91 Å². The number of fused-ring (bicyclic) bond motifs is 1. The summed E-state index contributed by atoms with van der Waals surface area (Å²) in [6.45, 7) is 0.979. The Hall–Kier alpha value is -3.44. The molecule has 0 spiro atoms. The monoisotopic (exact) mass is 371 g/mol. The second-order valence-electron chi connectivity index (χ2n) is 6.54. The van der Waals surface area contributed by atoms with Gasteiger partial charge in [-0.2, -0.15) is 5.10 Å². The van der Waals surface area contributed by atoms with Crippen molar-refractivity contribution in [3.05, 3.63) is 96.2 Å². The molecule has 0 aliphatic rings. The molecule has 0 aliphatic heterocycles. The predicted molar refractivity (Wildman–Crippen MR) is 110 cm³/mol. The molecule has 1 amide bonds. The van der Waals surface area contributed by atoms with Crippen molar-refractivity contribution in [1.82, 2.24) is 9.78 Å². The summed E-state index contributed by atoms with van der Waals surface area (Å²) in [4.78, 5) is 12.2. The number of nitrogens with one attached hydrogen (secondary N) is 1. The average molecular weight is 371 g/mol. The van der Waals surface area contributed by atoms with E-state index in [0.29, 0.717) is 19.0 Å². The highest BCUT2D eigenvalue weighted by molar-refractivity contribution is 5.91. The summed E-state index contributed by atoms with van der Waals surface area (Å²) in [7, 11) is 0. The lowest BCUT2D eigenvalue weighted by molar-refractivity contribution is -0.121. The van der Waals surface area contributed by atoms with Crippen LogP contribution >= 0.6 is 0 Å². The highest BCUT2D eigenvalue weighted by Gasteiger charge is 2.09. The molecule has 0 fully saturated rings. The Kier molecular flexibility index (Phi) is 5.45. The molecule has 1 N–H and O–H groups in total. The molecule has 0 unspecified atom stereocenters. The number of amides is 1. The van der Waals surface area contributed by atoms with Crippen LogP contribution < -0.4 is 5.32 Å². The van der Waals surface area contributed by atoms with E-state index in [4.69, 9.17) is 4.74 Å². The normalized spacial score (nSPS) is 10.9. The van der Waals surface area contributed by atoms with Gasteiger partial charge in [-0.25, -0.2) is 4.68 Å². The largest absolute Gasteiger partial charge is 0.367 e. The van der Waals surface area contributed by atoms with Crippen LogP contribution in [-0.4, -0.2) is 22.3 Å². The smallest absolute Gasteiger partial charge is 0.251 e. The van der Waals surface area contributed by atoms with Gasteiger partial charge in [-0.15, -0.1) is 0 Å². The molecule has 140 valence electrons. The molecule has 0 radical (unpaired) electrons. The Balaban J connectivity index is 1.39. The van der Waals surface area contributed by atoms with E-state index >= 15 is 0 Å². The number of aromatic nitrogens is 2. The van der Waals surface area contributed by atoms with Crippen LogP contribution in [0.3, 0.4) is 0 Å². The quantitative estimate of drug-likeness (QED) is 0.529. The first kappa shape index (κ1) is 17.9. The van der Waals surface area contributed by atoms with Crippen LogP contribution in [0.1, 0.15) is 11.1 Å². The van der Waals surface area contributed by atoms with Crippen molar-refractivity contribution < 1.29 is 9.53 Å². The third-order valence-corrected chi connectivity index (χ3v) is 4.53. The minimum absolute atomic E-state index is 0.00561. The number of carbonyl (C=O) groups is 1. The number of nitrogens with zero attached hydrogens (tertiary/aromatic N) is 2. The Morgan fingerprint density at radius 2 is 1.71 bits per heavy atom. The zero-order valence-electron chi connectivity index (χ0n) is 15.4. The number of rotatable bonds is 7. The summed E-state index contributed by atoms with van der Waals surface area (Å²) in [6.07, 6.45) is 1.69. The average Bonchev–Trinajstić information content (AvgIpc) is 3.15. The van der Waals surface area contributed by atoms with E-state index in [0.717, 1.165) is 11.1 Å². The van der Waals surface area contributed by atoms with Crippen LogP contribution in [0.4, 0.5) is 5.82 Å². The molecule has 5 heteroatoms. The van der Waals surface area contributed by atoms with Crippen molar-refractivity contribution in [1.29, 1.82) is 0 Å². The molecule has 0 atom stereocenters. The molecule has 5 nitrogen and oxygen atoms in total. The molecule has 0 aliphatic carbocycles. The molecular weight excluding hydrogens is 350 g/mol. The van der Waals surface area contributed by atoms with Crippen molar-refractivity contribution >= 4 is 22.5 Å². The first-order chi connectivity index (χ1) is 13.8. The van der Waals surface area contributed by atoms with E-state index in [2.05, 4.69) is 34.7 Å². The van der Waals surface area contributed by atoms with Crippen molar-refractivity contribution in [2.45, 2.75) is 13.2 Å². The summed E-state index contributed by atoms with van der Waals surface area (Å²) < 4.78 is 7.29. The number of hydrogen-bond donors (Lipinski definition) is 1. The highest BCUT2D eigenvalue weighted by atomic mass is 16.5. The number of benzene rings is 3. The van der Waals surface area contributed by atoms with Crippen molar-refractivity contribution in [2.75, 3.05) is 11.9 Å². The Morgan fingerprint density at radius 3 is 2.61 bits per heavy atom. The van der Waals surface area contributed by atoms with E-state index in [1.165, 1.54) is 10.8 Å². The van der Waals surface area contributed by atoms with Gasteiger partial charge in [0, 0.05) is 6.07 Å². The summed E-state index contributed by atoms with van der Waals surface area (Å²) >= 11 is 0. The number of anilines is 1. The van der Waals surface area contributed by atoms with Gasteiger partial charge in [-0.05, 0) is 21.9 Å². The molecule has 1 heterocycles. The fourth-order valence-electron chi connectivity index (χ4n) is 3.17. The van der Waals surface area contributed by atoms with Crippen LogP contribution in [0, 0.1) is 0 Å². The van der Waals surface area contributed by atoms with Crippen LogP contribution in [0.15, 0.2) is 85.1 Å². The highest BCUT2D eigenvalue weighted by Crippen LogP contribution is 2.20. The third kappa shape index (κ3) is 4.27. The maximum atomic E-state index is 12.2.